The molecular formula is C24H20O3S. The molecule has 1 unspecified atom stereocenters. The van der Waals surface area contributed by atoms with Crippen LogP contribution >= 0.6 is 11.8 Å². The van der Waals surface area contributed by atoms with E-state index < -0.39 is 16.8 Å². The number of thioether (sulfide) groups is 1. The lowest BCUT2D eigenvalue weighted by Crippen LogP contribution is -2.48. The number of Topliss-reactive ketones (excluding diaryl/α,β-unsaturated/α-hetero) is 1. The van der Waals surface area contributed by atoms with Gasteiger partial charge in [0.1, 0.15) is 0 Å². The zero-order valence-electron chi connectivity index (χ0n) is 15.3. The van der Waals surface area contributed by atoms with Crippen LogP contribution < -0.4 is 0 Å². The topological polar surface area (TPSA) is 43.4 Å². The molecule has 3 aromatic rings. The number of cyclic esters (lactones) is 1. The average molecular weight is 388 g/mol. The van der Waals surface area contributed by atoms with Crippen LogP contribution in [0.1, 0.15) is 23.1 Å². The summed E-state index contributed by atoms with van der Waals surface area (Å²) in [5.74, 6) is 0.0329. The minimum Gasteiger partial charge on any atom is -0.448 e. The lowest BCUT2D eigenvalue weighted by atomic mass is 9.80. The van der Waals surface area contributed by atoms with Gasteiger partial charge < -0.3 is 4.74 Å². The molecule has 0 spiro atoms. The number of carbonyl (C=O) groups is 2. The van der Waals surface area contributed by atoms with E-state index in [-0.39, 0.29) is 12.2 Å². The molecule has 1 aliphatic rings. The first-order chi connectivity index (χ1) is 13.7. The third-order valence-corrected chi connectivity index (χ3v) is 6.23. The Kier molecular flexibility index (Phi) is 5.31. The lowest BCUT2D eigenvalue weighted by Gasteiger charge is -2.39. The average Bonchev–Trinajstić information content (AvgIpc) is 2.75. The molecule has 1 fully saturated rings. The van der Waals surface area contributed by atoms with Gasteiger partial charge in [-0.15, -0.1) is 11.8 Å². The number of benzene rings is 3. The van der Waals surface area contributed by atoms with E-state index in [2.05, 4.69) is 0 Å². The van der Waals surface area contributed by atoms with Gasteiger partial charge in [-0.25, -0.2) is 0 Å². The maximum Gasteiger partial charge on any atom is 0.327 e. The molecule has 0 aliphatic carbocycles. The van der Waals surface area contributed by atoms with Crippen LogP contribution in [0.25, 0.3) is 0 Å². The Labute approximate surface area is 168 Å². The standard InChI is InChI=1S/C24H20O3S/c25-21-16-24(19-12-6-2-7-13-19,20-14-8-3-9-15-20)27-23(26)22(21)28-17-18-10-4-1-5-11-18/h1-15,22H,16-17H2. The number of ether oxygens (including phenoxy) is 1. The van der Waals surface area contributed by atoms with Crippen molar-refractivity contribution < 1.29 is 14.3 Å². The third kappa shape index (κ3) is 3.60. The zero-order chi connectivity index (χ0) is 19.4. The molecule has 1 aliphatic heterocycles. The van der Waals surface area contributed by atoms with Gasteiger partial charge >= 0.3 is 5.97 Å². The van der Waals surface area contributed by atoms with Gasteiger partial charge in [-0.2, -0.15) is 0 Å². The smallest absolute Gasteiger partial charge is 0.327 e. The summed E-state index contributed by atoms with van der Waals surface area (Å²) in [6.45, 7) is 0. The van der Waals surface area contributed by atoms with Gasteiger partial charge in [0.25, 0.3) is 0 Å². The van der Waals surface area contributed by atoms with E-state index in [1.165, 1.54) is 11.8 Å². The molecule has 3 aromatic carbocycles. The highest BCUT2D eigenvalue weighted by molar-refractivity contribution is 8.00. The molecule has 4 rings (SSSR count). The summed E-state index contributed by atoms with van der Waals surface area (Å²) in [5.41, 5.74) is 1.64. The molecule has 4 heteroatoms. The first-order valence-electron chi connectivity index (χ1n) is 9.21. The summed E-state index contributed by atoms with van der Waals surface area (Å²) in [6.07, 6.45) is 0.138. The molecule has 3 nitrogen and oxygen atoms in total. The second kappa shape index (κ2) is 8.03. The number of esters is 1. The Hall–Kier alpha value is -2.85. The summed E-state index contributed by atoms with van der Waals surface area (Å²) >= 11 is 1.33. The van der Waals surface area contributed by atoms with Crippen LogP contribution in [0.4, 0.5) is 0 Å². The highest BCUT2D eigenvalue weighted by Crippen LogP contribution is 2.42. The van der Waals surface area contributed by atoms with Crippen molar-refractivity contribution in [2.24, 2.45) is 0 Å². The summed E-state index contributed by atoms with van der Waals surface area (Å²) < 4.78 is 6.04. The SMILES string of the molecule is O=C1CC(c2ccccc2)(c2ccccc2)OC(=O)C1SCc1ccccc1. The van der Waals surface area contributed by atoms with Crippen LogP contribution in [0.2, 0.25) is 0 Å². The number of hydrogen-bond donors (Lipinski definition) is 0. The van der Waals surface area contributed by atoms with Crippen LogP contribution in [0.15, 0.2) is 91.0 Å². The quantitative estimate of drug-likeness (QED) is 0.467. The van der Waals surface area contributed by atoms with Gasteiger partial charge in [0.2, 0.25) is 0 Å². The molecule has 0 N–H and O–H groups in total. The molecule has 28 heavy (non-hydrogen) atoms. The summed E-state index contributed by atoms with van der Waals surface area (Å²) in [4.78, 5) is 26.0. The fourth-order valence-corrected chi connectivity index (χ4v) is 4.55. The molecule has 0 aromatic heterocycles. The van der Waals surface area contributed by atoms with Gasteiger partial charge in [0.05, 0.1) is 6.42 Å². The number of carbonyl (C=O) groups excluding carboxylic acids is 2. The van der Waals surface area contributed by atoms with E-state index in [0.29, 0.717) is 5.75 Å². The third-order valence-electron chi connectivity index (χ3n) is 4.94. The predicted molar refractivity (Wildman–Crippen MR) is 111 cm³/mol. The van der Waals surface area contributed by atoms with Crippen LogP contribution in [0.5, 0.6) is 0 Å². The van der Waals surface area contributed by atoms with Gasteiger partial charge in [-0.3, -0.25) is 9.59 Å². The van der Waals surface area contributed by atoms with E-state index >= 15 is 0 Å². The number of ketones is 1. The van der Waals surface area contributed by atoms with Crippen molar-refractivity contribution >= 4 is 23.5 Å². The lowest BCUT2D eigenvalue weighted by molar-refractivity contribution is -0.165. The van der Waals surface area contributed by atoms with Crippen molar-refractivity contribution in [1.29, 1.82) is 0 Å². The second-order valence-corrected chi connectivity index (χ2v) is 7.89. The monoisotopic (exact) mass is 388 g/mol. The van der Waals surface area contributed by atoms with Crippen molar-refractivity contribution in [3.8, 4) is 0 Å². The molecule has 0 saturated carbocycles. The maximum absolute atomic E-state index is 13.1. The van der Waals surface area contributed by atoms with E-state index in [9.17, 15) is 9.59 Å². The molecule has 1 saturated heterocycles. The van der Waals surface area contributed by atoms with Crippen molar-refractivity contribution in [2.75, 3.05) is 0 Å². The normalized spacial score (nSPS) is 18.5. The summed E-state index contributed by atoms with van der Waals surface area (Å²) in [7, 11) is 0. The van der Waals surface area contributed by atoms with Crippen LogP contribution in [-0.4, -0.2) is 17.0 Å². The second-order valence-electron chi connectivity index (χ2n) is 6.80. The van der Waals surface area contributed by atoms with E-state index in [1.54, 1.807) is 0 Å². The molecule has 0 bridgehead atoms. The van der Waals surface area contributed by atoms with Gasteiger partial charge in [-0.1, -0.05) is 91.0 Å². The van der Waals surface area contributed by atoms with Crippen LogP contribution in [-0.2, 0) is 25.7 Å². The zero-order valence-corrected chi connectivity index (χ0v) is 16.1. The van der Waals surface area contributed by atoms with E-state index in [4.69, 9.17) is 4.74 Å². The highest BCUT2D eigenvalue weighted by atomic mass is 32.2. The van der Waals surface area contributed by atoms with Gasteiger partial charge in [-0.05, 0) is 5.56 Å². The fraction of sp³-hybridized carbons (Fsp3) is 0.167. The minimum atomic E-state index is -1.07. The fourth-order valence-electron chi connectivity index (χ4n) is 3.55. The molecule has 1 heterocycles. The van der Waals surface area contributed by atoms with E-state index in [0.717, 1.165) is 16.7 Å². The Morgan fingerprint density at radius 1 is 0.786 bits per heavy atom. The maximum atomic E-state index is 13.1. The molecule has 0 radical (unpaired) electrons. The van der Waals surface area contributed by atoms with Crippen LogP contribution in [0.3, 0.4) is 0 Å². The molecular weight excluding hydrogens is 368 g/mol. The Morgan fingerprint density at radius 2 is 1.29 bits per heavy atom. The van der Waals surface area contributed by atoms with Gasteiger partial charge in [0.15, 0.2) is 16.6 Å². The summed E-state index contributed by atoms with van der Waals surface area (Å²) in [5, 5.41) is -0.791. The largest absolute Gasteiger partial charge is 0.448 e. The van der Waals surface area contributed by atoms with Crippen LogP contribution in [0, 0.1) is 0 Å². The first-order valence-corrected chi connectivity index (χ1v) is 10.3. The summed E-state index contributed by atoms with van der Waals surface area (Å²) in [6, 6.07) is 28.9. The number of rotatable bonds is 5. The predicted octanol–water partition coefficient (Wildman–Crippen LogP) is 4.75. The van der Waals surface area contributed by atoms with Crippen molar-refractivity contribution in [3.05, 3.63) is 108 Å². The van der Waals surface area contributed by atoms with E-state index in [1.807, 2.05) is 91.0 Å². The van der Waals surface area contributed by atoms with Gasteiger partial charge in [0, 0.05) is 16.9 Å². The van der Waals surface area contributed by atoms with Crippen molar-refractivity contribution in [2.45, 2.75) is 23.0 Å². The molecule has 1 atom stereocenters. The first kappa shape index (κ1) is 18.5. The van der Waals surface area contributed by atoms with Crippen molar-refractivity contribution in [3.63, 3.8) is 0 Å². The minimum absolute atomic E-state index is 0.0927. The highest BCUT2D eigenvalue weighted by Gasteiger charge is 2.49. The Bertz CT molecular complexity index is 895. The molecule has 140 valence electrons. The Balaban J connectivity index is 1.63. The number of hydrogen-bond acceptors (Lipinski definition) is 4. The van der Waals surface area contributed by atoms with Crippen molar-refractivity contribution in [1.82, 2.24) is 0 Å². The molecule has 0 amide bonds. The Morgan fingerprint density at radius 3 is 1.79 bits per heavy atom.